The molecule has 0 aliphatic rings. The lowest BCUT2D eigenvalue weighted by molar-refractivity contribution is 0.401. The third-order valence-electron chi connectivity index (χ3n) is 7.59. The summed E-state index contributed by atoms with van der Waals surface area (Å²) in [7, 11) is 1.58. The summed E-state index contributed by atoms with van der Waals surface area (Å²) in [6, 6.07) is 28.3. The topological polar surface area (TPSA) is 110 Å². The Morgan fingerprint density at radius 2 is 0.929 bits per heavy atom. The number of rotatable bonds is 10. The molecule has 0 amide bonds. The second kappa shape index (κ2) is 12.6. The zero-order valence-corrected chi connectivity index (χ0v) is 23.4. The molecule has 0 bridgehead atoms. The highest BCUT2D eigenvalue weighted by molar-refractivity contribution is 5.56. The Morgan fingerprint density at radius 1 is 0.452 bits per heavy atom. The van der Waals surface area contributed by atoms with Gasteiger partial charge in [0.25, 0.3) is 0 Å². The second-order valence-electron chi connectivity index (χ2n) is 10.5. The Labute approximate surface area is 245 Å². The molecular formula is C36H34O6. The number of phenolic OH excluding ortho intramolecular Hbond substituents is 5. The van der Waals surface area contributed by atoms with Crippen LogP contribution in [0.4, 0.5) is 0 Å². The number of benzene rings is 5. The largest absolute Gasteiger partial charge is 0.508 e. The first-order valence-electron chi connectivity index (χ1n) is 13.8. The van der Waals surface area contributed by atoms with Crippen molar-refractivity contribution in [1.29, 1.82) is 0 Å². The third-order valence-corrected chi connectivity index (χ3v) is 7.59. The molecule has 0 unspecified atom stereocenters. The number of ether oxygens (including phenoxy) is 1. The fraction of sp³-hybridized carbons (Fsp3) is 0.167. The molecule has 0 saturated carbocycles. The molecule has 0 aliphatic carbocycles. The molecule has 0 saturated heterocycles. The fourth-order valence-electron chi connectivity index (χ4n) is 5.35. The lowest BCUT2D eigenvalue weighted by atomic mass is 9.87. The van der Waals surface area contributed by atoms with Crippen molar-refractivity contribution in [3.63, 3.8) is 0 Å². The van der Waals surface area contributed by atoms with Crippen LogP contribution in [0.5, 0.6) is 34.5 Å². The van der Waals surface area contributed by atoms with Gasteiger partial charge in [0.15, 0.2) is 0 Å². The van der Waals surface area contributed by atoms with Crippen LogP contribution >= 0.6 is 0 Å². The molecule has 214 valence electrons. The molecule has 6 heteroatoms. The van der Waals surface area contributed by atoms with Gasteiger partial charge < -0.3 is 30.3 Å². The van der Waals surface area contributed by atoms with Gasteiger partial charge in [-0.05, 0) is 95.1 Å². The van der Waals surface area contributed by atoms with E-state index in [0.29, 0.717) is 37.9 Å². The highest BCUT2D eigenvalue weighted by Gasteiger charge is 2.20. The molecule has 42 heavy (non-hydrogen) atoms. The number of phenols is 5. The smallest absolute Gasteiger partial charge is 0.126 e. The lowest BCUT2D eigenvalue weighted by Gasteiger charge is -2.21. The summed E-state index contributed by atoms with van der Waals surface area (Å²) in [5.74, 6) is 1.47. The van der Waals surface area contributed by atoms with Gasteiger partial charge in [-0.25, -0.2) is 0 Å². The van der Waals surface area contributed by atoms with Gasteiger partial charge in [0.2, 0.25) is 0 Å². The van der Waals surface area contributed by atoms with Gasteiger partial charge in [0.1, 0.15) is 34.5 Å². The Morgan fingerprint density at radius 3 is 1.45 bits per heavy atom. The first-order valence-corrected chi connectivity index (χ1v) is 13.8. The minimum atomic E-state index is 0.120. The number of aromatic hydroxyl groups is 5. The normalized spacial score (nSPS) is 11.0. The van der Waals surface area contributed by atoms with E-state index in [1.807, 2.05) is 48.5 Å². The Kier molecular flexibility index (Phi) is 8.53. The molecule has 5 N–H and O–H groups in total. The molecule has 5 rings (SSSR count). The quantitative estimate of drug-likeness (QED) is 0.128. The highest BCUT2D eigenvalue weighted by atomic mass is 16.5. The van der Waals surface area contributed by atoms with Crippen LogP contribution in [0.25, 0.3) is 0 Å². The molecule has 0 spiro atoms. The standard InChI is InChI=1S/C36H34O6/c1-42-36-22-35(41)32(20-24-4-12-29(38)13-5-24)31(33(36)21-25-6-14-30(39)15-7-25)16-9-27-19-26(8-17-34(27)40)18-23-2-10-28(37)11-3-23/h2-8,10-15,17,19,22,37-41H,9,16,18,20-21H2,1H3. The average molecular weight is 563 g/mol. The van der Waals surface area contributed by atoms with E-state index >= 15 is 0 Å². The molecule has 0 heterocycles. The van der Waals surface area contributed by atoms with Crippen molar-refractivity contribution in [2.45, 2.75) is 32.1 Å². The summed E-state index contributed by atoms with van der Waals surface area (Å²) in [5.41, 5.74) is 7.40. The van der Waals surface area contributed by atoms with Gasteiger partial charge in [-0.2, -0.15) is 0 Å². The Bertz CT molecular complexity index is 1660. The highest BCUT2D eigenvalue weighted by Crippen LogP contribution is 2.38. The van der Waals surface area contributed by atoms with Crippen LogP contribution in [0.15, 0.2) is 97.1 Å². The van der Waals surface area contributed by atoms with Gasteiger partial charge in [0, 0.05) is 30.0 Å². The van der Waals surface area contributed by atoms with Gasteiger partial charge in [-0.15, -0.1) is 0 Å². The van der Waals surface area contributed by atoms with Crippen LogP contribution in [0, 0.1) is 0 Å². The third kappa shape index (κ3) is 6.78. The molecule has 5 aromatic carbocycles. The SMILES string of the molecule is COc1cc(O)c(Cc2ccc(O)cc2)c(CCc2cc(Cc3ccc(O)cc3)ccc2O)c1Cc1ccc(O)cc1. The maximum Gasteiger partial charge on any atom is 0.126 e. The minimum Gasteiger partial charge on any atom is -0.508 e. The van der Waals surface area contributed by atoms with E-state index in [4.69, 9.17) is 4.74 Å². The molecule has 5 aromatic rings. The van der Waals surface area contributed by atoms with Crippen LogP contribution in [-0.4, -0.2) is 32.6 Å². The maximum atomic E-state index is 11.2. The fourth-order valence-corrected chi connectivity index (χ4v) is 5.35. The summed E-state index contributed by atoms with van der Waals surface area (Å²) in [5, 5.41) is 51.2. The van der Waals surface area contributed by atoms with Gasteiger partial charge in [-0.1, -0.05) is 48.5 Å². The maximum absolute atomic E-state index is 11.2. The van der Waals surface area contributed by atoms with Crippen LogP contribution in [0.1, 0.15) is 44.5 Å². The van der Waals surface area contributed by atoms with Crippen molar-refractivity contribution in [3.05, 3.63) is 142 Å². The van der Waals surface area contributed by atoms with E-state index < -0.39 is 0 Å². The number of methoxy groups -OCH3 is 1. The van der Waals surface area contributed by atoms with Crippen molar-refractivity contribution in [2.24, 2.45) is 0 Å². The molecule has 0 aromatic heterocycles. The second-order valence-corrected chi connectivity index (χ2v) is 10.5. The van der Waals surface area contributed by atoms with Crippen LogP contribution in [0.3, 0.4) is 0 Å². The predicted octanol–water partition coefficient (Wildman–Crippen LogP) is 6.78. The van der Waals surface area contributed by atoms with Crippen molar-refractivity contribution < 1.29 is 30.3 Å². The monoisotopic (exact) mass is 562 g/mol. The van der Waals surface area contributed by atoms with Crippen molar-refractivity contribution >= 4 is 0 Å². The number of hydrogen-bond acceptors (Lipinski definition) is 6. The Balaban J connectivity index is 1.52. The van der Waals surface area contributed by atoms with Gasteiger partial charge >= 0.3 is 0 Å². The van der Waals surface area contributed by atoms with E-state index in [1.54, 1.807) is 55.6 Å². The van der Waals surface area contributed by atoms with Crippen molar-refractivity contribution in [3.8, 4) is 34.5 Å². The summed E-state index contributed by atoms with van der Waals surface area (Å²) in [6.45, 7) is 0. The molecule has 0 radical (unpaired) electrons. The van der Waals surface area contributed by atoms with E-state index in [1.165, 1.54) is 0 Å². The predicted molar refractivity (Wildman–Crippen MR) is 163 cm³/mol. The van der Waals surface area contributed by atoms with Crippen LogP contribution in [0.2, 0.25) is 0 Å². The lowest BCUT2D eigenvalue weighted by Crippen LogP contribution is -2.07. The summed E-state index contributed by atoms with van der Waals surface area (Å²) >= 11 is 0. The molecular weight excluding hydrogens is 528 g/mol. The molecule has 0 fully saturated rings. The van der Waals surface area contributed by atoms with Crippen molar-refractivity contribution in [1.82, 2.24) is 0 Å². The summed E-state index contributed by atoms with van der Waals surface area (Å²) in [4.78, 5) is 0. The summed E-state index contributed by atoms with van der Waals surface area (Å²) < 4.78 is 5.74. The minimum absolute atomic E-state index is 0.120. The van der Waals surface area contributed by atoms with Crippen LogP contribution < -0.4 is 4.74 Å². The molecule has 6 nitrogen and oxygen atoms in total. The van der Waals surface area contributed by atoms with Crippen molar-refractivity contribution in [2.75, 3.05) is 7.11 Å². The zero-order valence-electron chi connectivity index (χ0n) is 23.4. The first kappa shape index (κ1) is 28.4. The van der Waals surface area contributed by atoms with E-state index in [2.05, 4.69) is 0 Å². The van der Waals surface area contributed by atoms with Gasteiger partial charge in [-0.3, -0.25) is 0 Å². The first-order chi connectivity index (χ1) is 20.3. The number of hydrogen-bond donors (Lipinski definition) is 5. The Hall–Kier alpha value is -5.10. The van der Waals surface area contributed by atoms with Gasteiger partial charge in [0.05, 0.1) is 7.11 Å². The van der Waals surface area contributed by atoms with E-state index in [-0.39, 0.29) is 28.7 Å². The van der Waals surface area contributed by atoms with E-state index in [9.17, 15) is 25.5 Å². The zero-order chi connectivity index (χ0) is 29.6. The van der Waals surface area contributed by atoms with Crippen LogP contribution in [-0.2, 0) is 32.1 Å². The average Bonchev–Trinajstić information content (AvgIpc) is 2.99. The number of aryl methyl sites for hydroxylation is 1. The summed E-state index contributed by atoms with van der Waals surface area (Å²) in [6.07, 6.45) is 2.68. The molecule has 0 aliphatic heterocycles. The molecule has 0 atom stereocenters. The van der Waals surface area contributed by atoms with E-state index in [0.717, 1.165) is 44.5 Å².